The van der Waals surface area contributed by atoms with Crippen molar-refractivity contribution in [1.29, 1.82) is 0 Å². The van der Waals surface area contributed by atoms with E-state index in [1.807, 2.05) is 11.8 Å². The summed E-state index contributed by atoms with van der Waals surface area (Å²) < 4.78 is 4.83. The second-order valence-electron chi connectivity index (χ2n) is 21.9. The van der Waals surface area contributed by atoms with Gasteiger partial charge in [-0.3, -0.25) is 0 Å². The van der Waals surface area contributed by atoms with Gasteiger partial charge in [0.05, 0.1) is 0 Å². The third-order valence-corrected chi connectivity index (χ3v) is 23.9. The fourth-order valence-corrected chi connectivity index (χ4v) is 22.6. The average Bonchev–Trinajstić information content (AvgIpc) is 3.06. The first-order valence-corrected chi connectivity index (χ1v) is 26.4. The molecule has 5 aromatic rings. The molecule has 8 rings (SSSR count). The molecule has 0 aromatic heterocycles. The van der Waals surface area contributed by atoms with E-state index in [1.165, 1.54) is 71.7 Å². The second-order valence-corrected chi connectivity index (χ2v) is 30.8. The van der Waals surface area contributed by atoms with Gasteiger partial charge in [0.1, 0.15) is 0 Å². The van der Waals surface area contributed by atoms with Crippen LogP contribution in [0.4, 0.5) is 34.1 Å². The van der Waals surface area contributed by atoms with Crippen molar-refractivity contribution in [2.24, 2.45) is 0 Å². The van der Waals surface area contributed by atoms with Crippen molar-refractivity contribution >= 4 is 72.3 Å². The van der Waals surface area contributed by atoms with Crippen molar-refractivity contribution in [2.45, 2.75) is 146 Å². The number of rotatable bonds is 2. The molecule has 0 saturated heterocycles. The van der Waals surface area contributed by atoms with Crippen LogP contribution in [-0.4, -0.2) is 13.3 Å². The Labute approximate surface area is 339 Å². The Balaban J connectivity index is 1.55. The zero-order chi connectivity index (χ0) is 40.0. The van der Waals surface area contributed by atoms with Gasteiger partial charge in [-0.15, -0.1) is 0 Å². The minimum absolute atomic E-state index is 0.00172. The van der Waals surface area contributed by atoms with Crippen LogP contribution in [0.25, 0.3) is 0 Å². The monoisotopic (exact) mass is 808 g/mol. The maximum absolute atomic E-state index is 3.37. The molecule has 55 heavy (non-hydrogen) atoms. The van der Waals surface area contributed by atoms with Gasteiger partial charge in [0, 0.05) is 0 Å². The topological polar surface area (TPSA) is 6.48 Å². The molecule has 0 bridgehead atoms. The van der Waals surface area contributed by atoms with Crippen LogP contribution in [0.3, 0.4) is 0 Å². The number of benzene rings is 5. The molecule has 5 aromatic carbocycles. The summed E-state index contributed by atoms with van der Waals surface area (Å²) in [5, 5.41) is 0. The first kappa shape index (κ1) is 38.5. The standard InChI is InChI=1S/C51H62GeN2S/c1-47(2,3)31-17-21-36(22-18-31)53-38-25-33(49(7,8)9)26-39-44(38)52(16)45-40(53)27-34(50(10,11)12)29-42(45)55-43-30-35(51(13,14)15)28-41(46(43)52)54(39)37-23-19-32(20-24-37)48(4,5)6/h17-30H,1-16H3. The van der Waals surface area contributed by atoms with Crippen LogP contribution in [0, 0.1) is 0 Å². The fraction of sp³-hybridized carbons (Fsp3) is 0.412. The molecule has 0 unspecified atom stereocenters. The molecule has 0 spiro atoms. The fourth-order valence-electron chi connectivity index (χ4n) is 9.03. The molecule has 2 nitrogen and oxygen atoms in total. The van der Waals surface area contributed by atoms with E-state index in [0.717, 1.165) is 0 Å². The van der Waals surface area contributed by atoms with Crippen LogP contribution in [0.2, 0.25) is 5.76 Å². The average molecular weight is 808 g/mol. The quantitative estimate of drug-likeness (QED) is 0.161. The van der Waals surface area contributed by atoms with Crippen molar-refractivity contribution in [3.8, 4) is 0 Å². The maximum atomic E-state index is 2.73. The van der Waals surface area contributed by atoms with Gasteiger partial charge in [-0.05, 0) is 0 Å². The summed E-state index contributed by atoms with van der Waals surface area (Å²) in [6.45, 7) is 35.3. The van der Waals surface area contributed by atoms with Crippen molar-refractivity contribution in [3.05, 3.63) is 113 Å². The molecule has 0 saturated carbocycles. The molecule has 0 fully saturated rings. The summed E-state index contributed by atoms with van der Waals surface area (Å²) in [6, 6.07) is 34.5. The van der Waals surface area contributed by atoms with Gasteiger partial charge in [0.15, 0.2) is 0 Å². The molecular formula is C51H62GeN2S. The zero-order valence-electron chi connectivity index (χ0n) is 36.4. The molecule has 3 heterocycles. The van der Waals surface area contributed by atoms with Crippen LogP contribution in [0.5, 0.6) is 0 Å². The van der Waals surface area contributed by atoms with Gasteiger partial charge in [0.25, 0.3) is 0 Å². The van der Waals surface area contributed by atoms with Gasteiger partial charge >= 0.3 is 341 Å². The Morgan fingerprint density at radius 2 is 0.636 bits per heavy atom. The van der Waals surface area contributed by atoms with Gasteiger partial charge in [-0.25, -0.2) is 0 Å². The van der Waals surface area contributed by atoms with Gasteiger partial charge in [-0.2, -0.15) is 0 Å². The van der Waals surface area contributed by atoms with E-state index in [2.05, 4.69) is 204 Å². The molecule has 3 aliphatic rings. The van der Waals surface area contributed by atoms with Crippen LogP contribution in [-0.2, 0) is 27.1 Å². The predicted molar refractivity (Wildman–Crippen MR) is 244 cm³/mol. The molecular weight excluding hydrogens is 745 g/mol. The van der Waals surface area contributed by atoms with E-state index >= 15 is 0 Å². The minimum atomic E-state index is -3.37. The molecule has 4 heteroatoms. The van der Waals surface area contributed by atoms with E-state index in [1.54, 1.807) is 13.2 Å². The van der Waals surface area contributed by atoms with Crippen LogP contribution in [0.15, 0.2) is 94.7 Å². The van der Waals surface area contributed by atoms with Gasteiger partial charge in [-0.1, -0.05) is 0 Å². The van der Waals surface area contributed by atoms with E-state index in [9.17, 15) is 0 Å². The normalized spacial score (nSPS) is 16.0. The van der Waals surface area contributed by atoms with E-state index in [-0.39, 0.29) is 27.1 Å². The molecule has 3 aliphatic heterocycles. The Morgan fingerprint density at radius 3 is 0.927 bits per heavy atom. The Kier molecular flexibility index (Phi) is 8.43. The summed E-state index contributed by atoms with van der Waals surface area (Å²) in [4.78, 5) is 8.26. The van der Waals surface area contributed by atoms with Crippen molar-refractivity contribution in [2.75, 3.05) is 9.80 Å². The van der Waals surface area contributed by atoms with E-state index < -0.39 is 13.3 Å². The SMILES string of the molecule is CC(C)(C)c1ccc(N2c3cc(C(C)(C)C)cc4[c]3[Ge]3([CH3])[c]5c(cc(C(C)(C)C)cc5N(c5ccc(C(C)(C)C)cc5)c5cc(C(C)(C)C)cc2[c]53)S4)cc1. The third kappa shape index (κ3) is 6.04. The first-order valence-electron chi connectivity index (χ1n) is 20.4. The molecule has 286 valence electrons. The summed E-state index contributed by atoms with van der Waals surface area (Å²) in [5.74, 6) is 2.73. The van der Waals surface area contributed by atoms with E-state index in [0.29, 0.717) is 0 Å². The Hall–Kier alpha value is -3.41. The Morgan fingerprint density at radius 1 is 0.364 bits per heavy atom. The summed E-state index contributed by atoms with van der Waals surface area (Å²) in [6.07, 6.45) is 0. The number of hydrogen-bond donors (Lipinski definition) is 0. The molecule has 0 radical (unpaired) electrons. The first-order chi connectivity index (χ1) is 25.3. The third-order valence-electron chi connectivity index (χ3n) is 12.5. The second kappa shape index (κ2) is 12.1. The molecule has 0 N–H and O–H groups in total. The van der Waals surface area contributed by atoms with Crippen molar-refractivity contribution < 1.29 is 0 Å². The van der Waals surface area contributed by atoms with Crippen LogP contribution >= 0.6 is 11.8 Å². The molecule has 0 atom stereocenters. The number of anilines is 6. The van der Waals surface area contributed by atoms with E-state index in [4.69, 9.17) is 0 Å². The van der Waals surface area contributed by atoms with Crippen molar-refractivity contribution in [1.82, 2.24) is 0 Å². The van der Waals surface area contributed by atoms with Crippen LogP contribution in [0.1, 0.15) is 132 Å². The molecule has 0 amide bonds. The number of hydrogen-bond acceptors (Lipinski definition) is 3. The summed E-state index contributed by atoms with van der Waals surface area (Å²) in [5.41, 5.74) is 15.0. The Bertz CT molecular complexity index is 2210. The summed E-state index contributed by atoms with van der Waals surface area (Å²) >= 11 is -1.33. The predicted octanol–water partition coefficient (Wildman–Crippen LogP) is 13.3. The van der Waals surface area contributed by atoms with Crippen LogP contribution < -0.4 is 23.0 Å². The molecule has 0 aliphatic carbocycles. The van der Waals surface area contributed by atoms with Gasteiger partial charge in [0.2, 0.25) is 0 Å². The summed E-state index contributed by atoms with van der Waals surface area (Å²) in [7, 11) is 0. The van der Waals surface area contributed by atoms with Crippen molar-refractivity contribution in [3.63, 3.8) is 0 Å². The van der Waals surface area contributed by atoms with Gasteiger partial charge < -0.3 is 0 Å². The number of nitrogens with zero attached hydrogens (tertiary/aromatic N) is 2. The zero-order valence-corrected chi connectivity index (χ0v) is 39.3.